The highest BCUT2D eigenvalue weighted by Crippen LogP contribution is 2.35. The van der Waals surface area contributed by atoms with E-state index >= 15 is 0 Å². The summed E-state index contributed by atoms with van der Waals surface area (Å²) < 4.78 is 16.5. The van der Waals surface area contributed by atoms with Crippen LogP contribution in [0.4, 0.5) is 5.69 Å². The van der Waals surface area contributed by atoms with Crippen molar-refractivity contribution < 1.29 is 23.8 Å². The lowest BCUT2D eigenvalue weighted by Crippen LogP contribution is -2.31. The van der Waals surface area contributed by atoms with Crippen LogP contribution in [0.5, 0.6) is 23.0 Å². The lowest BCUT2D eigenvalue weighted by molar-refractivity contribution is -0.128. The van der Waals surface area contributed by atoms with Gasteiger partial charge in [-0.3, -0.25) is 9.59 Å². The van der Waals surface area contributed by atoms with Crippen LogP contribution in [0.3, 0.4) is 0 Å². The minimum atomic E-state index is -0.357. The normalized spacial score (nSPS) is 16.0. The Bertz CT molecular complexity index is 895. The van der Waals surface area contributed by atoms with Gasteiger partial charge in [0.25, 0.3) is 0 Å². The molecule has 1 saturated heterocycles. The smallest absolute Gasteiger partial charge is 0.229 e. The molecule has 3 rings (SSSR count). The van der Waals surface area contributed by atoms with Crippen LogP contribution in [0, 0.1) is 11.8 Å². The lowest BCUT2D eigenvalue weighted by atomic mass is 10.1. The molecule has 160 valence electrons. The van der Waals surface area contributed by atoms with Crippen molar-refractivity contribution in [1.82, 2.24) is 4.90 Å². The number of benzene rings is 2. The van der Waals surface area contributed by atoms with Crippen LogP contribution in [0.2, 0.25) is 0 Å². The van der Waals surface area contributed by atoms with E-state index in [9.17, 15) is 9.59 Å². The number of ether oxygens (including phenoxy) is 3. The Morgan fingerprint density at radius 2 is 1.77 bits per heavy atom. The van der Waals surface area contributed by atoms with Gasteiger partial charge < -0.3 is 24.4 Å². The second kappa shape index (κ2) is 9.52. The Hall–Kier alpha value is -3.22. The van der Waals surface area contributed by atoms with Crippen molar-refractivity contribution in [3.05, 3.63) is 42.5 Å². The Morgan fingerprint density at radius 1 is 1.07 bits per heavy atom. The third-order valence-electron chi connectivity index (χ3n) is 4.89. The molecule has 1 heterocycles. The van der Waals surface area contributed by atoms with Gasteiger partial charge in [-0.25, -0.2) is 0 Å². The zero-order valence-electron chi connectivity index (χ0n) is 17.8. The Kier molecular flexibility index (Phi) is 6.82. The molecule has 2 amide bonds. The van der Waals surface area contributed by atoms with Gasteiger partial charge >= 0.3 is 0 Å². The number of carbonyl (C=O) groups excluding carboxylic acids is 2. The first kappa shape index (κ1) is 21.5. The molecular formula is C23H28N2O5. The van der Waals surface area contributed by atoms with Crippen molar-refractivity contribution in [2.75, 3.05) is 32.6 Å². The summed E-state index contributed by atoms with van der Waals surface area (Å²) in [5.74, 6) is 2.24. The maximum absolute atomic E-state index is 12.7. The molecule has 0 bridgehead atoms. The van der Waals surface area contributed by atoms with E-state index in [1.54, 1.807) is 61.6 Å². The van der Waals surface area contributed by atoms with Crippen LogP contribution in [-0.4, -0.2) is 44.0 Å². The molecule has 30 heavy (non-hydrogen) atoms. The molecule has 0 saturated carbocycles. The molecule has 0 aliphatic carbocycles. The van der Waals surface area contributed by atoms with Crippen molar-refractivity contribution in [2.24, 2.45) is 11.8 Å². The van der Waals surface area contributed by atoms with Crippen LogP contribution in [-0.2, 0) is 9.59 Å². The average Bonchev–Trinajstić information content (AvgIpc) is 3.09. The van der Waals surface area contributed by atoms with E-state index in [0.29, 0.717) is 41.9 Å². The number of hydrogen-bond donors (Lipinski definition) is 1. The molecular weight excluding hydrogens is 384 g/mol. The highest BCUT2D eigenvalue weighted by atomic mass is 16.5. The summed E-state index contributed by atoms with van der Waals surface area (Å²) in [4.78, 5) is 26.6. The SMILES string of the molecule is COc1ccc(Oc2cc(NC(=O)[C@@H]3CC(=O)N(CC(C)C)C3)ccc2OC)cc1. The highest BCUT2D eigenvalue weighted by molar-refractivity contribution is 5.97. The van der Waals surface area contributed by atoms with Gasteiger partial charge in [0, 0.05) is 31.3 Å². The fraction of sp³-hybridized carbons (Fsp3) is 0.391. The maximum Gasteiger partial charge on any atom is 0.229 e. The third kappa shape index (κ3) is 5.23. The molecule has 0 spiro atoms. The molecule has 1 aliphatic heterocycles. The van der Waals surface area contributed by atoms with E-state index in [4.69, 9.17) is 14.2 Å². The summed E-state index contributed by atoms with van der Waals surface area (Å²) in [6.45, 7) is 5.24. The van der Waals surface area contributed by atoms with E-state index in [-0.39, 0.29) is 24.2 Å². The van der Waals surface area contributed by atoms with Crippen LogP contribution in [0.1, 0.15) is 20.3 Å². The first-order valence-electron chi connectivity index (χ1n) is 9.98. The fourth-order valence-electron chi connectivity index (χ4n) is 3.41. The number of anilines is 1. The summed E-state index contributed by atoms with van der Waals surface area (Å²) in [6, 6.07) is 12.4. The number of carbonyl (C=O) groups is 2. The Morgan fingerprint density at radius 3 is 2.40 bits per heavy atom. The quantitative estimate of drug-likeness (QED) is 0.711. The molecule has 1 N–H and O–H groups in total. The standard InChI is InChI=1S/C23H28N2O5/c1-15(2)13-25-14-16(11-22(25)26)23(27)24-17-5-10-20(29-4)21(12-17)30-19-8-6-18(28-3)7-9-19/h5-10,12,15-16H,11,13-14H2,1-4H3,(H,24,27)/t16-/m1/s1. The van der Waals surface area contributed by atoms with Gasteiger partial charge in [-0.15, -0.1) is 0 Å². The number of hydrogen-bond acceptors (Lipinski definition) is 5. The van der Waals surface area contributed by atoms with E-state index < -0.39 is 0 Å². The molecule has 1 atom stereocenters. The predicted octanol–water partition coefficient (Wildman–Crippen LogP) is 3.94. The molecule has 0 radical (unpaired) electrons. The molecule has 2 aromatic carbocycles. The van der Waals surface area contributed by atoms with Crippen LogP contribution in [0.25, 0.3) is 0 Å². The van der Waals surface area contributed by atoms with Crippen LogP contribution in [0.15, 0.2) is 42.5 Å². The summed E-state index contributed by atoms with van der Waals surface area (Å²) >= 11 is 0. The average molecular weight is 412 g/mol. The van der Waals surface area contributed by atoms with Crippen molar-refractivity contribution in [3.8, 4) is 23.0 Å². The minimum Gasteiger partial charge on any atom is -0.497 e. The highest BCUT2D eigenvalue weighted by Gasteiger charge is 2.34. The van der Waals surface area contributed by atoms with Gasteiger partial charge in [-0.05, 0) is 42.3 Å². The van der Waals surface area contributed by atoms with Gasteiger partial charge in [-0.1, -0.05) is 13.8 Å². The second-order valence-corrected chi connectivity index (χ2v) is 7.73. The number of rotatable bonds is 8. The first-order chi connectivity index (χ1) is 14.4. The summed E-state index contributed by atoms with van der Waals surface area (Å²) in [7, 11) is 3.16. The van der Waals surface area contributed by atoms with E-state index in [2.05, 4.69) is 19.2 Å². The summed E-state index contributed by atoms with van der Waals surface area (Å²) in [6.07, 6.45) is 0.240. The van der Waals surface area contributed by atoms with Crippen LogP contribution >= 0.6 is 0 Å². The van der Waals surface area contributed by atoms with E-state index in [1.165, 1.54) is 0 Å². The summed E-state index contributed by atoms with van der Waals surface area (Å²) in [5, 5.41) is 2.90. The zero-order chi connectivity index (χ0) is 21.7. The first-order valence-corrected chi connectivity index (χ1v) is 9.98. The van der Waals surface area contributed by atoms with Gasteiger partial charge in [0.05, 0.1) is 20.1 Å². The molecule has 2 aromatic rings. The summed E-state index contributed by atoms with van der Waals surface area (Å²) in [5.41, 5.74) is 0.582. The number of amides is 2. The molecule has 1 aliphatic rings. The van der Waals surface area contributed by atoms with Gasteiger partial charge in [0.1, 0.15) is 11.5 Å². The Labute approximate surface area is 176 Å². The molecule has 0 unspecified atom stereocenters. The second-order valence-electron chi connectivity index (χ2n) is 7.73. The molecule has 1 fully saturated rings. The van der Waals surface area contributed by atoms with Crippen molar-refractivity contribution >= 4 is 17.5 Å². The molecule has 7 nitrogen and oxygen atoms in total. The number of nitrogens with zero attached hydrogens (tertiary/aromatic N) is 1. The van der Waals surface area contributed by atoms with Crippen LogP contribution < -0.4 is 19.5 Å². The maximum atomic E-state index is 12.7. The van der Waals surface area contributed by atoms with Gasteiger partial charge in [0.15, 0.2) is 11.5 Å². The van der Waals surface area contributed by atoms with Crippen molar-refractivity contribution in [2.45, 2.75) is 20.3 Å². The fourth-order valence-corrected chi connectivity index (χ4v) is 3.41. The number of methoxy groups -OCH3 is 2. The lowest BCUT2D eigenvalue weighted by Gasteiger charge is -2.19. The van der Waals surface area contributed by atoms with Crippen molar-refractivity contribution in [1.29, 1.82) is 0 Å². The Balaban J connectivity index is 1.69. The molecule has 0 aromatic heterocycles. The third-order valence-corrected chi connectivity index (χ3v) is 4.89. The van der Waals surface area contributed by atoms with Gasteiger partial charge in [0.2, 0.25) is 11.8 Å². The number of likely N-dealkylation sites (tertiary alicyclic amines) is 1. The monoisotopic (exact) mass is 412 g/mol. The molecule has 7 heteroatoms. The zero-order valence-corrected chi connectivity index (χ0v) is 17.8. The predicted molar refractivity (Wildman–Crippen MR) is 114 cm³/mol. The minimum absolute atomic E-state index is 0.0297. The van der Waals surface area contributed by atoms with Gasteiger partial charge in [-0.2, -0.15) is 0 Å². The topological polar surface area (TPSA) is 77.1 Å². The van der Waals surface area contributed by atoms with Crippen molar-refractivity contribution in [3.63, 3.8) is 0 Å². The number of nitrogens with one attached hydrogen (secondary N) is 1. The van der Waals surface area contributed by atoms with E-state index in [0.717, 1.165) is 5.75 Å². The van der Waals surface area contributed by atoms with E-state index in [1.807, 2.05) is 0 Å². The largest absolute Gasteiger partial charge is 0.497 e.